The number of benzene rings is 2. The maximum atomic E-state index is 2.36. The third kappa shape index (κ3) is 0.904. The average molecular weight is 206 g/mol. The molecule has 78 valence electrons. The summed E-state index contributed by atoms with van der Waals surface area (Å²) in [4.78, 5) is 0. The van der Waals surface area contributed by atoms with Crippen molar-refractivity contribution in [1.29, 1.82) is 0 Å². The first-order chi connectivity index (χ1) is 7.72. The molecule has 0 nitrogen and oxygen atoms in total. The van der Waals surface area contributed by atoms with Gasteiger partial charge in [0.2, 0.25) is 0 Å². The van der Waals surface area contributed by atoms with Crippen molar-refractivity contribution in [3.8, 4) is 11.1 Å². The quantitative estimate of drug-likeness (QED) is 0.411. The van der Waals surface area contributed by atoms with Crippen molar-refractivity contribution in [1.82, 2.24) is 0 Å². The minimum atomic E-state index is 1.15. The first-order valence-corrected chi connectivity index (χ1v) is 5.97. The van der Waals surface area contributed by atoms with Crippen LogP contribution in [-0.2, 0) is 12.8 Å². The Morgan fingerprint density at radius 2 is 0.938 bits per heavy atom. The van der Waals surface area contributed by atoms with Gasteiger partial charge in [-0.15, -0.1) is 0 Å². The second kappa shape index (κ2) is 2.57. The lowest BCUT2D eigenvalue weighted by molar-refractivity contribution is 1.16. The normalized spacial score (nSPS) is 14.4. The lowest BCUT2D eigenvalue weighted by Crippen LogP contribution is -1.91. The molecule has 16 heavy (non-hydrogen) atoms. The Bertz CT molecular complexity index is 529. The van der Waals surface area contributed by atoms with Crippen molar-refractivity contribution in [2.45, 2.75) is 26.7 Å². The highest BCUT2D eigenvalue weighted by Crippen LogP contribution is 2.47. The van der Waals surface area contributed by atoms with Gasteiger partial charge in [0.1, 0.15) is 0 Å². The summed E-state index contributed by atoms with van der Waals surface area (Å²) in [6, 6.07) is 9.46. The number of aryl methyl sites for hydroxylation is 2. The fourth-order valence-electron chi connectivity index (χ4n) is 3.49. The zero-order valence-corrected chi connectivity index (χ0v) is 9.72. The number of rotatable bonds is 0. The molecule has 0 aromatic heterocycles. The molecule has 0 heteroatoms. The van der Waals surface area contributed by atoms with Crippen LogP contribution < -0.4 is 0 Å². The van der Waals surface area contributed by atoms with E-state index < -0.39 is 0 Å². The minimum absolute atomic E-state index is 1.15. The van der Waals surface area contributed by atoms with E-state index in [0.29, 0.717) is 0 Å². The molecule has 0 aliphatic heterocycles. The zero-order valence-electron chi connectivity index (χ0n) is 9.72. The van der Waals surface area contributed by atoms with Gasteiger partial charge >= 0.3 is 0 Å². The minimum Gasteiger partial charge on any atom is -0.0551 e. The maximum Gasteiger partial charge on any atom is -0.00130 e. The largest absolute Gasteiger partial charge is 0.0551 e. The highest BCUT2D eigenvalue weighted by atomic mass is 14.3. The summed E-state index contributed by atoms with van der Waals surface area (Å²) in [5.74, 6) is 0. The second-order valence-corrected chi connectivity index (χ2v) is 5.27. The van der Waals surface area contributed by atoms with Gasteiger partial charge in [-0.2, -0.15) is 0 Å². The van der Waals surface area contributed by atoms with Gasteiger partial charge in [-0.25, -0.2) is 0 Å². The van der Waals surface area contributed by atoms with Gasteiger partial charge in [0.25, 0.3) is 0 Å². The van der Waals surface area contributed by atoms with Crippen molar-refractivity contribution >= 4 is 0 Å². The van der Waals surface area contributed by atoms with Crippen molar-refractivity contribution in [2.24, 2.45) is 0 Å². The maximum absolute atomic E-state index is 2.36. The molecule has 0 spiro atoms. The highest BCUT2D eigenvalue weighted by Gasteiger charge is 2.29. The molecule has 0 N–H and O–H groups in total. The molecule has 0 radical (unpaired) electrons. The topological polar surface area (TPSA) is 0 Å². The van der Waals surface area contributed by atoms with Gasteiger partial charge in [-0.05, 0) is 60.1 Å². The zero-order chi connectivity index (χ0) is 10.9. The van der Waals surface area contributed by atoms with Gasteiger partial charge in [0, 0.05) is 0 Å². The van der Waals surface area contributed by atoms with Crippen LogP contribution in [0.5, 0.6) is 0 Å². The summed E-state index contributed by atoms with van der Waals surface area (Å²) in [7, 11) is 0. The van der Waals surface area contributed by atoms with Crippen LogP contribution in [0.25, 0.3) is 11.1 Å². The predicted molar refractivity (Wildman–Crippen MR) is 67.0 cm³/mol. The molecular weight excluding hydrogens is 192 g/mol. The van der Waals surface area contributed by atoms with Crippen molar-refractivity contribution in [3.63, 3.8) is 0 Å². The van der Waals surface area contributed by atoms with E-state index in [0.717, 1.165) is 12.8 Å². The molecule has 0 bridgehead atoms. The molecule has 0 atom stereocenters. The molecule has 0 unspecified atom stereocenters. The number of hydrogen-bond donors (Lipinski definition) is 0. The Morgan fingerprint density at radius 1 is 0.625 bits per heavy atom. The smallest absolute Gasteiger partial charge is 0.00130 e. The van der Waals surface area contributed by atoms with Gasteiger partial charge in [-0.1, -0.05) is 35.4 Å². The summed E-state index contributed by atoms with van der Waals surface area (Å²) in [6.07, 6.45) is 2.29. The van der Waals surface area contributed by atoms with E-state index in [1.807, 2.05) is 0 Å². The molecule has 4 rings (SSSR count). The van der Waals surface area contributed by atoms with E-state index in [9.17, 15) is 0 Å². The number of hydrogen-bond acceptors (Lipinski definition) is 0. The highest BCUT2D eigenvalue weighted by molar-refractivity contribution is 5.87. The van der Waals surface area contributed by atoms with Crippen molar-refractivity contribution in [2.75, 3.05) is 0 Å². The van der Waals surface area contributed by atoms with Crippen LogP contribution in [0.4, 0.5) is 0 Å². The first kappa shape index (κ1) is 8.58. The fourth-order valence-corrected chi connectivity index (χ4v) is 3.49. The standard InChI is InChI=1S/C16H14/c1-9-3-11-7-13-5-10(2)6-14-8-12(4-9)15(11)16(13)14/h3-6H,7-8H2,1-2H3. The average Bonchev–Trinajstić information content (AvgIpc) is 2.70. The van der Waals surface area contributed by atoms with Gasteiger partial charge in [-0.3, -0.25) is 0 Å². The Balaban J connectivity index is 2.13. The molecule has 2 aliphatic rings. The molecule has 0 saturated carbocycles. The molecule has 0 amide bonds. The third-order valence-corrected chi connectivity index (χ3v) is 3.90. The Kier molecular flexibility index (Phi) is 1.38. The van der Waals surface area contributed by atoms with E-state index in [4.69, 9.17) is 0 Å². The predicted octanol–water partition coefficient (Wildman–Crippen LogP) is 3.78. The summed E-state index contributed by atoms with van der Waals surface area (Å²) in [6.45, 7) is 4.42. The molecular formula is C16H14. The summed E-state index contributed by atoms with van der Waals surface area (Å²) < 4.78 is 0. The lowest BCUT2D eigenvalue weighted by Gasteiger charge is -2.05. The van der Waals surface area contributed by atoms with Crippen LogP contribution in [0.3, 0.4) is 0 Å². The Morgan fingerprint density at radius 3 is 1.25 bits per heavy atom. The SMILES string of the molecule is Cc1cc2c3c(c1)Cc1cc(C)cc(c1-3)C2. The lowest BCUT2D eigenvalue weighted by atomic mass is 9.99. The Labute approximate surface area is 95.9 Å². The molecule has 0 heterocycles. The monoisotopic (exact) mass is 206 g/mol. The van der Waals surface area contributed by atoms with Gasteiger partial charge < -0.3 is 0 Å². The summed E-state index contributed by atoms with van der Waals surface area (Å²) in [5, 5.41) is 0. The summed E-state index contributed by atoms with van der Waals surface area (Å²) in [5.41, 5.74) is 12.2. The van der Waals surface area contributed by atoms with Crippen molar-refractivity contribution < 1.29 is 0 Å². The van der Waals surface area contributed by atoms with Crippen LogP contribution in [0.15, 0.2) is 24.3 Å². The van der Waals surface area contributed by atoms with E-state index in [-0.39, 0.29) is 0 Å². The second-order valence-electron chi connectivity index (χ2n) is 5.27. The molecule has 0 saturated heterocycles. The van der Waals surface area contributed by atoms with Crippen LogP contribution >= 0.6 is 0 Å². The van der Waals surface area contributed by atoms with E-state index >= 15 is 0 Å². The molecule has 2 aromatic carbocycles. The summed E-state index contributed by atoms with van der Waals surface area (Å²) >= 11 is 0. The van der Waals surface area contributed by atoms with Crippen LogP contribution in [0.1, 0.15) is 33.4 Å². The van der Waals surface area contributed by atoms with Gasteiger partial charge in [0.05, 0.1) is 0 Å². The van der Waals surface area contributed by atoms with Crippen LogP contribution in [0.2, 0.25) is 0 Å². The van der Waals surface area contributed by atoms with E-state index in [2.05, 4.69) is 38.1 Å². The Hall–Kier alpha value is -1.56. The van der Waals surface area contributed by atoms with Crippen molar-refractivity contribution in [3.05, 3.63) is 57.6 Å². The van der Waals surface area contributed by atoms with E-state index in [1.165, 1.54) is 11.1 Å². The molecule has 2 aliphatic carbocycles. The van der Waals surface area contributed by atoms with Gasteiger partial charge in [0.15, 0.2) is 0 Å². The first-order valence-electron chi connectivity index (χ1n) is 5.97. The molecule has 2 aromatic rings. The van der Waals surface area contributed by atoms with E-state index in [1.54, 1.807) is 33.4 Å². The third-order valence-electron chi connectivity index (χ3n) is 3.90. The fraction of sp³-hybridized carbons (Fsp3) is 0.250. The van der Waals surface area contributed by atoms with Crippen LogP contribution in [0, 0.1) is 13.8 Å². The molecule has 0 fully saturated rings. The van der Waals surface area contributed by atoms with Crippen LogP contribution in [-0.4, -0.2) is 0 Å².